The van der Waals surface area contributed by atoms with E-state index >= 15 is 0 Å². The number of hydrogen-bond donors (Lipinski definition) is 2. The van der Waals surface area contributed by atoms with Gasteiger partial charge in [-0.05, 0) is 41.2 Å². The molecule has 0 radical (unpaired) electrons. The third-order valence-electron chi connectivity index (χ3n) is 4.66. The van der Waals surface area contributed by atoms with Crippen molar-refractivity contribution in [3.8, 4) is 0 Å². The molecule has 3 aliphatic rings. The van der Waals surface area contributed by atoms with Gasteiger partial charge in [-0.2, -0.15) is 4.98 Å². The van der Waals surface area contributed by atoms with E-state index in [0.29, 0.717) is 17.1 Å². The average molecular weight is 385 g/mol. The summed E-state index contributed by atoms with van der Waals surface area (Å²) < 4.78 is 30.2. The number of aromatic nitrogens is 3. The molecule has 0 aromatic carbocycles. The Kier molecular flexibility index (Phi) is 4.01. The SMILES string of the molecule is CC(C)(C)CNS(=O)(=O)C1=CC(c2ccc3nc(N)nn3c2)=CC2=CC1C2. The Morgan fingerprint density at radius 2 is 2.04 bits per heavy atom. The number of allylic oxidation sites excluding steroid dienone is 6. The van der Waals surface area contributed by atoms with Crippen LogP contribution in [0.3, 0.4) is 0 Å². The van der Waals surface area contributed by atoms with Gasteiger partial charge < -0.3 is 5.73 Å². The van der Waals surface area contributed by atoms with E-state index in [0.717, 1.165) is 23.1 Å². The van der Waals surface area contributed by atoms with Gasteiger partial charge in [0.25, 0.3) is 0 Å². The summed E-state index contributed by atoms with van der Waals surface area (Å²) in [6.07, 6.45) is 8.38. The maximum Gasteiger partial charge on any atom is 0.240 e. The third kappa shape index (κ3) is 3.54. The van der Waals surface area contributed by atoms with Gasteiger partial charge in [0.15, 0.2) is 5.65 Å². The van der Waals surface area contributed by atoms with E-state index in [4.69, 9.17) is 5.73 Å². The van der Waals surface area contributed by atoms with Crippen LogP contribution in [0.4, 0.5) is 5.95 Å². The molecule has 0 fully saturated rings. The summed E-state index contributed by atoms with van der Waals surface area (Å²) in [4.78, 5) is 4.53. The Hall–Kier alpha value is -2.45. The molecule has 0 saturated heterocycles. The molecule has 142 valence electrons. The summed E-state index contributed by atoms with van der Waals surface area (Å²) in [6, 6.07) is 3.73. The van der Waals surface area contributed by atoms with Crippen LogP contribution < -0.4 is 10.5 Å². The lowest BCUT2D eigenvalue weighted by molar-refractivity contribution is 0.408. The van der Waals surface area contributed by atoms with E-state index in [1.54, 1.807) is 10.6 Å². The molecule has 2 heterocycles. The van der Waals surface area contributed by atoms with E-state index in [2.05, 4.69) is 14.8 Å². The standard InChI is InChI=1S/C19H23N5O2S/c1-19(2,3)11-21-27(25,26)16-9-14(6-12-7-15(16)8-12)13-4-5-17-22-18(20)23-24(17)10-13/h4-7,9-10,15,21H,8,11H2,1-3H3,(H2,20,23). The summed E-state index contributed by atoms with van der Waals surface area (Å²) >= 11 is 0. The molecule has 1 unspecified atom stereocenters. The smallest absolute Gasteiger partial charge is 0.240 e. The van der Waals surface area contributed by atoms with Crippen LogP contribution in [0.1, 0.15) is 32.8 Å². The normalized spacial score (nSPS) is 19.8. The first-order chi connectivity index (χ1) is 12.6. The number of fused-ring (bicyclic) bond motifs is 2. The fraction of sp³-hybridized carbons (Fsp3) is 0.368. The van der Waals surface area contributed by atoms with Crippen molar-refractivity contribution >= 4 is 27.2 Å². The van der Waals surface area contributed by atoms with Crippen LogP contribution in [-0.4, -0.2) is 29.6 Å². The number of sulfonamides is 1. The van der Waals surface area contributed by atoms with Gasteiger partial charge in [-0.25, -0.2) is 17.7 Å². The molecule has 3 aliphatic carbocycles. The highest BCUT2D eigenvalue weighted by Gasteiger charge is 2.33. The van der Waals surface area contributed by atoms with Gasteiger partial charge in [0, 0.05) is 24.2 Å². The minimum Gasteiger partial charge on any atom is -0.366 e. The zero-order valence-electron chi connectivity index (χ0n) is 15.6. The molecule has 7 nitrogen and oxygen atoms in total. The molecule has 27 heavy (non-hydrogen) atoms. The molecule has 2 aromatic rings. The molecule has 0 spiro atoms. The van der Waals surface area contributed by atoms with Crippen LogP contribution >= 0.6 is 0 Å². The van der Waals surface area contributed by atoms with E-state index in [-0.39, 0.29) is 17.3 Å². The largest absolute Gasteiger partial charge is 0.366 e. The topological polar surface area (TPSA) is 102 Å². The second-order valence-electron chi connectivity index (χ2n) is 8.27. The van der Waals surface area contributed by atoms with Crippen molar-refractivity contribution in [2.75, 3.05) is 12.3 Å². The Bertz CT molecular complexity index is 1120. The highest BCUT2D eigenvalue weighted by atomic mass is 32.2. The first-order valence-corrected chi connectivity index (χ1v) is 10.3. The number of nitrogens with two attached hydrogens (primary N) is 1. The van der Waals surface area contributed by atoms with Crippen LogP contribution in [-0.2, 0) is 10.0 Å². The molecular formula is C19H23N5O2S. The zero-order valence-corrected chi connectivity index (χ0v) is 16.4. The monoisotopic (exact) mass is 385 g/mol. The number of nitrogens with zero attached hydrogens (tertiary/aromatic N) is 3. The van der Waals surface area contributed by atoms with Crippen LogP contribution in [0.15, 0.2) is 47.0 Å². The molecule has 5 rings (SSSR count). The highest BCUT2D eigenvalue weighted by Crippen LogP contribution is 2.41. The highest BCUT2D eigenvalue weighted by molar-refractivity contribution is 7.93. The van der Waals surface area contributed by atoms with Gasteiger partial charge in [0.2, 0.25) is 16.0 Å². The van der Waals surface area contributed by atoms with Gasteiger partial charge in [0.05, 0.1) is 4.91 Å². The fourth-order valence-electron chi connectivity index (χ4n) is 3.18. The first-order valence-electron chi connectivity index (χ1n) is 8.87. The Morgan fingerprint density at radius 1 is 1.30 bits per heavy atom. The van der Waals surface area contributed by atoms with Gasteiger partial charge in [-0.3, -0.25) is 0 Å². The van der Waals surface area contributed by atoms with E-state index in [1.807, 2.05) is 51.3 Å². The second kappa shape index (κ2) is 6.03. The zero-order chi connectivity index (χ0) is 19.4. The molecule has 0 amide bonds. The summed E-state index contributed by atoms with van der Waals surface area (Å²) in [5.41, 5.74) is 9.03. The van der Waals surface area contributed by atoms with Gasteiger partial charge in [-0.1, -0.05) is 32.9 Å². The second-order valence-corrected chi connectivity index (χ2v) is 10.0. The minimum absolute atomic E-state index is 0.0723. The lowest BCUT2D eigenvalue weighted by Crippen LogP contribution is -2.35. The van der Waals surface area contributed by atoms with Crippen molar-refractivity contribution < 1.29 is 8.42 Å². The van der Waals surface area contributed by atoms with E-state index in [9.17, 15) is 8.42 Å². The predicted molar refractivity (Wildman–Crippen MR) is 106 cm³/mol. The van der Waals surface area contributed by atoms with Crippen LogP contribution in [0, 0.1) is 11.3 Å². The Balaban J connectivity index is 1.72. The Labute approximate surface area is 158 Å². The quantitative estimate of drug-likeness (QED) is 0.842. The van der Waals surface area contributed by atoms with Crippen LogP contribution in [0.2, 0.25) is 0 Å². The van der Waals surface area contributed by atoms with Crippen molar-refractivity contribution in [3.05, 3.63) is 52.6 Å². The van der Waals surface area contributed by atoms with Crippen molar-refractivity contribution in [1.29, 1.82) is 0 Å². The maximum absolute atomic E-state index is 12.9. The van der Waals surface area contributed by atoms with Gasteiger partial charge >= 0.3 is 0 Å². The first kappa shape index (κ1) is 17.9. The molecule has 2 bridgehead atoms. The number of hydrogen-bond acceptors (Lipinski definition) is 5. The van der Waals surface area contributed by atoms with Gasteiger partial charge in [-0.15, -0.1) is 5.10 Å². The van der Waals surface area contributed by atoms with Crippen molar-refractivity contribution in [2.45, 2.75) is 27.2 Å². The average Bonchev–Trinajstić information content (AvgIpc) is 2.70. The number of anilines is 1. The molecule has 8 heteroatoms. The van der Waals surface area contributed by atoms with Crippen molar-refractivity contribution in [1.82, 2.24) is 19.3 Å². The summed E-state index contributed by atoms with van der Waals surface area (Å²) in [5, 5.41) is 4.14. The summed E-state index contributed by atoms with van der Waals surface area (Å²) in [5.74, 6) is 0.133. The fourth-order valence-corrected chi connectivity index (χ4v) is 4.80. The minimum atomic E-state index is -3.56. The number of nitrogens with one attached hydrogen (secondary N) is 1. The molecule has 1 atom stereocenters. The lowest BCUT2D eigenvalue weighted by Gasteiger charge is -2.26. The number of rotatable bonds is 4. The molecule has 3 N–H and O–H groups in total. The Morgan fingerprint density at radius 3 is 2.74 bits per heavy atom. The molecular weight excluding hydrogens is 362 g/mol. The van der Waals surface area contributed by atoms with Crippen LogP contribution in [0.5, 0.6) is 0 Å². The summed E-state index contributed by atoms with van der Waals surface area (Å²) in [7, 11) is -3.56. The van der Waals surface area contributed by atoms with Crippen molar-refractivity contribution in [3.63, 3.8) is 0 Å². The molecule has 2 aromatic heterocycles. The molecule has 0 aliphatic heterocycles. The maximum atomic E-state index is 12.9. The lowest BCUT2D eigenvalue weighted by atomic mass is 9.87. The molecule has 0 saturated carbocycles. The van der Waals surface area contributed by atoms with E-state index in [1.165, 1.54) is 0 Å². The number of nitrogen functional groups attached to an aromatic ring is 1. The van der Waals surface area contributed by atoms with Gasteiger partial charge in [0.1, 0.15) is 0 Å². The summed E-state index contributed by atoms with van der Waals surface area (Å²) in [6.45, 7) is 6.40. The van der Waals surface area contributed by atoms with Crippen molar-refractivity contribution in [2.24, 2.45) is 11.3 Å². The van der Waals surface area contributed by atoms with Crippen LogP contribution in [0.25, 0.3) is 11.2 Å². The number of pyridine rings is 1. The third-order valence-corrected chi connectivity index (χ3v) is 6.22. The predicted octanol–water partition coefficient (Wildman–Crippen LogP) is 2.50. The van der Waals surface area contributed by atoms with E-state index < -0.39 is 10.0 Å².